The maximum Gasteiger partial charge on any atom is 0.308 e. The minimum atomic E-state index is 0.0976. The molecule has 0 aromatic heterocycles. The van der Waals surface area contributed by atoms with Crippen LogP contribution in [0.4, 0.5) is 0 Å². The Balaban J connectivity index is 3.57. The molecule has 0 radical (unpaired) electrons. The molecule has 0 aromatic rings. The summed E-state index contributed by atoms with van der Waals surface area (Å²) >= 11 is 0. The number of ether oxygens (including phenoxy) is 1. The van der Waals surface area contributed by atoms with E-state index in [4.69, 9.17) is 4.74 Å². The van der Waals surface area contributed by atoms with Crippen molar-refractivity contribution in [3.8, 4) is 0 Å². The summed E-state index contributed by atoms with van der Waals surface area (Å²) in [6.45, 7) is 7.46. The molecule has 0 aliphatic carbocycles. The third-order valence-electron chi connectivity index (χ3n) is 9.89. The average Bonchev–Trinajstić information content (AvgIpc) is 3.03. The van der Waals surface area contributed by atoms with Crippen molar-refractivity contribution in [3.63, 3.8) is 0 Å². The molecule has 0 heterocycles. The first-order chi connectivity index (χ1) is 21.8. The molecule has 2 nitrogen and oxygen atoms in total. The van der Waals surface area contributed by atoms with Gasteiger partial charge in [0, 0.05) is 0 Å². The highest BCUT2D eigenvalue weighted by Gasteiger charge is 2.19. The Labute approximate surface area is 279 Å². The van der Waals surface area contributed by atoms with E-state index in [1.165, 1.54) is 205 Å². The number of rotatable bonds is 38. The van der Waals surface area contributed by atoms with Gasteiger partial charge >= 0.3 is 5.97 Å². The monoisotopic (exact) mass is 621 g/mol. The standard InChI is InChI=1S/C42H84O2/c1-4-7-10-12-14-16-18-20-22-24-26-28-30-32-34-36-39-41(38-9-6-3)42(43)44-40-37-35-33-31-29-27-25-23-21-19-17-15-13-11-8-5-2/h41H,4-40H2,1-3H3. The topological polar surface area (TPSA) is 26.3 Å². The summed E-state index contributed by atoms with van der Waals surface area (Å²) in [6, 6.07) is 0. The van der Waals surface area contributed by atoms with Gasteiger partial charge in [0.05, 0.1) is 12.5 Å². The van der Waals surface area contributed by atoms with E-state index in [1.54, 1.807) is 0 Å². The van der Waals surface area contributed by atoms with Crippen molar-refractivity contribution >= 4 is 5.97 Å². The highest BCUT2D eigenvalue weighted by molar-refractivity contribution is 5.72. The van der Waals surface area contributed by atoms with Crippen molar-refractivity contribution in [1.29, 1.82) is 0 Å². The third kappa shape index (κ3) is 34.3. The fourth-order valence-electron chi connectivity index (χ4n) is 6.71. The van der Waals surface area contributed by atoms with E-state index >= 15 is 0 Å². The van der Waals surface area contributed by atoms with Crippen LogP contribution in [0.5, 0.6) is 0 Å². The first-order valence-electron chi connectivity index (χ1n) is 20.9. The van der Waals surface area contributed by atoms with Crippen molar-refractivity contribution in [3.05, 3.63) is 0 Å². The zero-order valence-electron chi connectivity index (χ0n) is 31.1. The van der Waals surface area contributed by atoms with Gasteiger partial charge in [0.15, 0.2) is 0 Å². The normalized spacial score (nSPS) is 12.2. The van der Waals surface area contributed by atoms with Crippen LogP contribution in [-0.2, 0) is 9.53 Å². The number of unbranched alkanes of at least 4 members (excludes halogenated alkanes) is 31. The summed E-state index contributed by atoms with van der Waals surface area (Å²) in [5, 5.41) is 0. The second kappa shape index (κ2) is 38.7. The molecule has 0 rings (SSSR count). The zero-order chi connectivity index (χ0) is 32.0. The fraction of sp³-hybridized carbons (Fsp3) is 0.976. The SMILES string of the molecule is CCCCCCCCCCCCCCCCCCOC(=O)C(CCCC)CCCCCCCCCCCCCCCCCC. The van der Waals surface area contributed by atoms with Crippen LogP contribution in [-0.4, -0.2) is 12.6 Å². The molecule has 0 bridgehead atoms. The van der Waals surface area contributed by atoms with Crippen molar-refractivity contribution in [2.45, 2.75) is 252 Å². The van der Waals surface area contributed by atoms with Gasteiger partial charge in [-0.1, -0.05) is 233 Å². The van der Waals surface area contributed by atoms with Crippen LogP contribution >= 0.6 is 0 Å². The predicted octanol–water partition coefficient (Wildman–Crippen LogP) is 15.2. The van der Waals surface area contributed by atoms with E-state index < -0.39 is 0 Å². The Kier molecular flexibility index (Phi) is 38.2. The number of esters is 1. The van der Waals surface area contributed by atoms with E-state index in [2.05, 4.69) is 20.8 Å². The summed E-state index contributed by atoms with van der Waals surface area (Å²) < 4.78 is 5.76. The van der Waals surface area contributed by atoms with Gasteiger partial charge in [-0.05, 0) is 19.3 Å². The lowest BCUT2D eigenvalue weighted by atomic mass is 9.95. The van der Waals surface area contributed by atoms with E-state index in [0.29, 0.717) is 6.61 Å². The summed E-state index contributed by atoms with van der Waals surface area (Å²) in [6.07, 6.45) is 48.8. The van der Waals surface area contributed by atoms with Crippen LogP contribution in [0.1, 0.15) is 252 Å². The molecule has 1 atom stereocenters. The summed E-state index contributed by atoms with van der Waals surface area (Å²) in [7, 11) is 0. The van der Waals surface area contributed by atoms with Crippen LogP contribution in [0.2, 0.25) is 0 Å². The molecule has 0 N–H and O–H groups in total. The number of carbonyl (C=O) groups is 1. The summed E-state index contributed by atoms with van der Waals surface area (Å²) in [4.78, 5) is 12.8. The van der Waals surface area contributed by atoms with Gasteiger partial charge in [-0.25, -0.2) is 0 Å². The number of carbonyl (C=O) groups excluding carboxylic acids is 1. The Morgan fingerprint density at radius 1 is 0.341 bits per heavy atom. The average molecular weight is 621 g/mol. The van der Waals surface area contributed by atoms with Gasteiger partial charge in [0.2, 0.25) is 0 Å². The zero-order valence-corrected chi connectivity index (χ0v) is 31.1. The molecule has 1 unspecified atom stereocenters. The molecule has 264 valence electrons. The van der Waals surface area contributed by atoms with Crippen molar-refractivity contribution < 1.29 is 9.53 Å². The fourth-order valence-corrected chi connectivity index (χ4v) is 6.71. The van der Waals surface area contributed by atoms with Crippen LogP contribution in [0.3, 0.4) is 0 Å². The Bertz CT molecular complexity index is 530. The number of hydrogen-bond donors (Lipinski definition) is 0. The number of hydrogen-bond acceptors (Lipinski definition) is 2. The van der Waals surface area contributed by atoms with Crippen molar-refractivity contribution in [2.24, 2.45) is 5.92 Å². The molecule has 2 heteroatoms. The Hall–Kier alpha value is -0.530. The molecule has 0 aliphatic heterocycles. The van der Waals surface area contributed by atoms with Gasteiger partial charge in [-0.2, -0.15) is 0 Å². The molecule has 0 spiro atoms. The van der Waals surface area contributed by atoms with Gasteiger partial charge in [0.1, 0.15) is 0 Å². The van der Waals surface area contributed by atoms with E-state index in [9.17, 15) is 4.79 Å². The molecule has 0 saturated carbocycles. The van der Waals surface area contributed by atoms with Gasteiger partial charge < -0.3 is 4.74 Å². The lowest BCUT2D eigenvalue weighted by Crippen LogP contribution is -2.18. The highest BCUT2D eigenvalue weighted by Crippen LogP contribution is 2.21. The smallest absolute Gasteiger partial charge is 0.308 e. The van der Waals surface area contributed by atoms with Crippen LogP contribution in [0, 0.1) is 5.92 Å². The van der Waals surface area contributed by atoms with Gasteiger partial charge in [-0.15, -0.1) is 0 Å². The molecular formula is C42H84O2. The van der Waals surface area contributed by atoms with Gasteiger partial charge in [0.25, 0.3) is 0 Å². The summed E-state index contributed by atoms with van der Waals surface area (Å²) in [5.41, 5.74) is 0. The molecule has 0 aliphatic rings. The quantitative estimate of drug-likeness (QED) is 0.0507. The lowest BCUT2D eigenvalue weighted by Gasteiger charge is -2.16. The maximum atomic E-state index is 12.8. The molecule has 44 heavy (non-hydrogen) atoms. The molecule has 0 aromatic carbocycles. The third-order valence-corrected chi connectivity index (χ3v) is 9.89. The second-order valence-electron chi connectivity index (χ2n) is 14.4. The predicted molar refractivity (Wildman–Crippen MR) is 198 cm³/mol. The minimum absolute atomic E-state index is 0.0976. The molecule has 0 amide bonds. The summed E-state index contributed by atoms with van der Waals surface area (Å²) in [5.74, 6) is 0.239. The highest BCUT2D eigenvalue weighted by atomic mass is 16.5. The lowest BCUT2D eigenvalue weighted by molar-refractivity contribution is -0.149. The molecule has 0 fully saturated rings. The first kappa shape index (κ1) is 43.5. The van der Waals surface area contributed by atoms with Crippen LogP contribution in [0.25, 0.3) is 0 Å². The van der Waals surface area contributed by atoms with E-state index in [1.807, 2.05) is 0 Å². The van der Waals surface area contributed by atoms with Crippen molar-refractivity contribution in [1.82, 2.24) is 0 Å². The Morgan fingerprint density at radius 2 is 0.591 bits per heavy atom. The molecular weight excluding hydrogens is 536 g/mol. The first-order valence-corrected chi connectivity index (χ1v) is 20.9. The second-order valence-corrected chi connectivity index (χ2v) is 14.4. The largest absolute Gasteiger partial charge is 0.465 e. The Morgan fingerprint density at radius 3 is 0.909 bits per heavy atom. The van der Waals surface area contributed by atoms with Crippen LogP contribution in [0.15, 0.2) is 0 Å². The minimum Gasteiger partial charge on any atom is -0.465 e. The van der Waals surface area contributed by atoms with Crippen molar-refractivity contribution in [2.75, 3.05) is 6.61 Å². The maximum absolute atomic E-state index is 12.8. The van der Waals surface area contributed by atoms with E-state index in [-0.39, 0.29) is 11.9 Å². The van der Waals surface area contributed by atoms with Crippen LogP contribution < -0.4 is 0 Å². The molecule has 0 saturated heterocycles. The van der Waals surface area contributed by atoms with E-state index in [0.717, 1.165) is 25.7 Å². The van der Waals surface area contributed by atoms with Gasteiger partial charge in [-0.3, -0.25) is 4.79 Å².